The first-order chi connectivity index (χ1) is 8.79. The predicted octanol–water partition coefficient (Wildman–Crippen LogP) is 1.02. The van der Waals surface area contributed by atoms with Crippen LogP contribution < -0.4 is 4.90 Å². The first kappa shape index (κ1) is 13.1. The molecule has 0 saturated carbocycles. The lowest BCUT2D eigenvalue weighted by molar-refractivity contribution is -0.123. The molecule has 0 amide bonds. The van der Waals surface area contributed by atoms with Crippen molar-refractivity contribution in [1.29, 1.82) is 0 Å². The molecule has 0 atom stereocenters. The van der Waals surface area contributed by atoms with Gasteiger partial charge in [-0.1, -0.05) is 18.2 Å². The molecule has 0 spiro atoms. The molecule has 0 unspecified atom stereocenters. The Bertz CT molecular complexity index is 373. The van der Waals surface area contributed by atoms with Crippen LogP contribution >= 0.6 is 0 Å². The highest BCUT2D eigenvalue weighted by Crippen LogP contribution is 2.15. The third kappa shape index (κ3) is 3.55. The van der Waals surface area contributed by atoms with Crippen molar-refractivity contribution in [2.75, 3.05) is 51.3 Å². The van der Waals surface area contributed by atoms with E-state index >= 15 is 0 Å². The summed E-state index contributed by atoms with van der Waals surface area (Å²) < 4.78 is 4.85. The summed E-state index contributed by atoms with van der Waals surface area (Å²) in [6, 6.07) is 10.4. The molecule has 4 heteroatoms. The Kier molecular flexibility index (Phi) is 4.73. The predicted molar refractivity (Wildman–Crippen MR) is 72.0 cm³/mol. The van der Waals surface area contributed by atoms with E-state index in [4.69, 9.17) is 4.74 Å². The number of anilines is 1. The van der Waals surface area contributed by atoms with Crippen molar-refractivity contribution >= 4 is 11.5 Å². The first-order valence-electron chi connectivity index (χ1n) is 6.32. The number of methoxy groups -OCH3 is 1. The Morgan fingerprint density at radius 2 is 1.83 bits per heavy atom. The number of rotatable bonds is 5. The van der Waals surface area contributed by atoms with Crippen LogP contribution in [0.3, 0.4) is 0 Å². The number of ketones is 1. The third-order valence-corrected chi connectivity index (χ3v) is 3.20. The summed E-state index contributed by atoms with van der Waals surface area (Å²) in [7, 11) is 1.56. The number of carbonyl (C=O) groups excluding carboxylic acids is 1. The number of carbonyl (C=O) groups is 1. The van der Waals surface area contributed by atoms with E-state index in [1.807, 2.05) is 6.07 Å². The van der Waals surface area contributed by atoms with Gasteiger partial charge in [0.25, 0.3) is 0 Å². The second kappa shape index (κ2) is 6.52. The SMILES string of the molecule is COCC(=O)CN1CCN(c2ccccc2)CC1. The van der Waals surface area contributed by atoms with Crippen LogP contribution in [0.5, 0.6) is 0 Å². The fourth-order valence-corrected chi connectivity index (χ4v) is 2.26. The van der Waals surface area contributed by atoms with Crippen LogP contribution in [0.15, 0.2) is 30.3 Å². The van der Waals surface area contributed by atoms with Crippen molar-refractivity contribution in [3.05, 3.63) is 30.3 Å². The molecule has 4 nitrogen and oxygen atoms in total. The Labute approximate surface area is 108 Å². The molecule has 1 heterocycles. The summed E-state index contributed by atoms with van der Waals surface area (Å²) in [5, 5.41) is 0. The lowest BCUT2D eigenvalue weighted by Crippen LogP contribution is -2.48. The lowest BCUT2D eigenvalue weighted by atomic mass is 10.2. The van der Waals surface area contributed by atoms with Gasteiger partial charge in [-0.05, 0) is 12.1 Å². The third-order valence-electron chi connectivity index (χ3n) is 3.20. The number of nitrogens with zero attached hydrogens (tertiary/aromatic N) is 2. The van der Waals surface area contributed by atoms with E-state index in [-0.39, 0.29) is 12.4 Å². The molecule has 1 aliphatic rings. The van der Waals surface area contributed by atoms with Crippen LogP contribution in [0.2, 0.25) is 0 Å². The van der Waals surface area contributed by atoms with Crippen molar-refractivity contribution in [3.8, 4) is 0 Å². The minimum Gasteiger partial charge on any atom is -0.377 e. The molecule has 1 fully saturated rings. The highest BCUT2D eigenvalue weighted by Gasteiger charge is 2.18. The van der Waals surface area contributed by atoms with E-state index in [0.717, 1.165) is 26.2 Å². The molecule has 1 saturated heterocycles. The fourth-order valence-electron chi connectivity index (χ4n) is 2.26. The van der Waals surface area contributed by atoms with Crippen LogP contribution in [-0.2, 0) is 9.53 Å². The van der Waals surface area contributed by atoms with E-state index in [2.05, 4.69) is 34.1 Å². The molecule has 1 aromatic rings. The number of Topliss-reactive ketones (excluding diaryl/α,β-unsaturated/α-hetero) is 1. The molecule has 2 rings (SSSR count). The highest BCUT2D eigenvalue weighted by molar-refractivity contribution is 5.81. The van der Waals surface area contributed by atoms with Crippen molar-refractivity contribution in [2.45, 2.75) is 0 Å². The summed E-state index contributed by atoms with van der Waals surface area (Å²) in [6.45, 7) is 4.55. The van der Waals surface area contributed by atoms with E-state index in [1.54, 1.807) is 7.11 Å². The minimum atomic E-state index is 0.158. The van der Waals surface area contributed by atoms with Gasteiger partial charge >= 0.3 is 0 Å². The van der Waals surface area contributed by atoms with Crippen molar-refractivity contribution in [2.24, 2.45) is 0 Å². The Hall–Kier alpha value is -1.39. The van der Waals surface area contributed by atoms with Gasteiger partial charge in [0.05, 0.1) is 6.54 Å². The summed E-state index contributed by atoms with van der Waals surface area (Å²) in [4.78, 5) is 16.0. The van der Waals surface area contributed by atoms with Crippen LogP contribution in [-0.4, -0.2) is 57.1 Å². The van der Waals surface area contributed by atoms with Gasteiger partial charge in [0.15, 0.2) is 5.78 Å². The first-order valence-corrected chi connectivity index (χ1v) is 6.32. The molecule has 0 aromatic heterocycles. The van der Waals surface area contributed by atoms with Gasteiger partial charge in [-0.15, -0.1) is 0 Å². The molecule has 18 heavy (non-hydrogen) atoms. The molecular weight excluding hydrogens is 228 g/mol. The molecular formula is C14H20N2O2. The zero-order valence-corrected chi connectivity index (χ0v) is 10.8. The van der Waals surface area contributed by atoms with Crippen molar-refractivity contribution < 1.29 is 9.53 Å². The number of piperazine rings is 1. The number of hydrogen-bond donors (Lipinski definition) is 0. The second-order valence-corrected chi connectivity index (χ2v) is 4.57. The average molecular weight is 248 g/mol. The van der Waals surface area contributed by atoms with Gasteiger partial charge in [-0.2, -0.15) is 0 Å². The van der Waals surface area contributed by atoms with Crippen molar-refractivity contribution in [3.63, 3.8) is 0 Å². The molecule has 0 N–H and O–H groups in total. The zero-order valence-electron chi connectivity index (χ0n) is 10.8. The monoisotopic (exact) mass is 248 g/mol. The topological polar surface area (TPSA) is 32.8 Å². The normalized spacial score (nSPS) is 16.8. The van der Waals surface area contributed by atoms with Crippen LogP contribution in [0.1, 0.15) is 0 Å². The molecule has 0 radical (unpaired) electrons. The van der Waals surface area contributed by atoms with Gasteiger partial charge in [0.1, 0.15) is 6.61 Å². The Balaban J connectivity index is 1.80. The number of para-hydroxylation sites is 1. The summed E-state index contributed by atoms with van der Waals surface area (Å²) >= 11 is 0. The lowest BCUT2D eigenvalue weighted by Gasteiger charge is -2.35. The number of benzene rings is 1. The van der Waals surface area contributed by atoms with Gasteiger partial charge < -0.3 is 9.64 Å². The number of hydrogen-bond acceptors (Lipinski definition) is 4. The van der Waals surface area contributed by atoms with Gasteiger partial charge in [-0.25, -0.2) is 0 Å². The average Bonchev–Trinajstić information content (AvgIpc) is 2.41. The highest BCUT2D eigenvalue weighted by atomic mass is 16.5. The summed E-state index contributed by atoms with van der Waals surface area (Å²) in [5.74, 6) is 0.158. The van der Waals surface area contributed by atoms with Crippen LogP contribution in [0, 0.1) is 0 Å². The van der Waals surface area contributed by atoms with E-state index in [9.17, 15) is 4.79 Å². The molecule has 1 aliphatic heterocycles. The van der Waals surface area contributed by atoms with Gasteiger partial charge in [0.2, 0.25) is 0 Å². The molecule has 0 bridgehead atoms. The van der Waals surface area contributed by atoms with Crippen LogP contribution in [0.25, 0.3) is 0 Å². The summed E-state index contributed by atoms with van der Waals surface area (Å²) in [5.41, 5.74) is 1.26. The zero-order chi connectivity index (χ0) is 12.8. The molecule has 98 valence electrons. The largest absolute Gasteiger partial charge is 0.377 e. The quantitative estimate of drug-likeness (QED) is 0.779. The molecule has 1 aromatic carbocycles. The maximum Gasteiger partial charge on any atom is 0.172 e. The Morgan fingerprint density at radius 3 is 2.44 bits per heavy atom. The smallest absolute Gasteiger partial charge is 0.172 e. The van der Waals surface area contributed by atoms with Crippen LogP contribution in [0.4, 0.5) is 5.69 Å². The second-order valence-electron chi connectivity index (χ2n) is 4.57. The van der Waals surface area contributed by atoms with Gasteiger partial charge in [0, 0.05) is 39.0 Å². The van der Waals surface area contributed by atoms with Crippen molar-refractivity contribution in [1.82, 2.24) is 4.90 Å². The maximum atomic E-state index is 11.5. The maximum absolute atomic E-state index is 11.5. The Morgan fingerprint density at radius 1 is 1.17 bits per heavy atom. The number of ether oxygens (including phenoxy) is 1. The molecule has 0 aliphatic carbocycles. The van der Waals surface area contributed by atoms with Gasteiger partial charge in [-0.3, -0.25) is 9.69 Å². The van der Waals surface area contributed by atoms with E-state index in [0.29, 0.717) is 6.54 Å². The van der Waals surface area contributed by atoms with E-state index < -0.39 is 0 Å². The standard InChI is InChI=1S/C14H20N2O2/c1-18-12-14(17)11-15-7-9-16(10-8-15)13-5-3-2-4-6-13/h2-6H,7-12H2,1H3. The fraction of sp³-hybridized carbons (Fsp3) is 0.500. The summed E-state index contributed by atoms with van der Waals surface area (Å²) in [6.07, 6.45) is 0. The minimum absolute atomic E-state index is 0.158. The van der Waals surface area contributed by atoms with E-state index in [1.165, 1.54) is 5.69 Å².